The predicted molar refractivity (Wildman–Crippen MR) is 52.5 cm³/mol. The number of Topliss-reactive ketones (excluding diaryl/α,β-unsaturated/α-hetero) is 1. The zero-order valence-corrected chi connectivity index (χ0v) is 9.02. The second-order valence-electron chi connectivity index (χ2n) is 3.19. The Bertz CT molecular complexity index is 402. The largest absolute Gasteiger partial charge is 0.573 e. The van der Waals surface area contributed by atoms with Crippen LogP contribution in [0.25, 0.3) is 0 Å². The molecule has 0 saturated carbocycles. The SMILES string of the molecule is CC(=O)Cc1ccc(OC(F)(F)F)c(Cl)c1. The highest BCUT2D eigenvalue weighted by Gasteiger charge is 2.31. The molecule has 0 fully saturated rings. The second-order valence-corrected chi connectivity index (χ2v) is 3.60. The maximum Gasteiger partial charge on any atom is 0.573 e. The van der Waals surface area contributed by atoms with Crippen LogP contribution in [0.5, 0.6) is 5.75 Å². The van der Waals surface area contributed by atoms with Crippen LogP contribution in [0.4, 0.5) is 13.2 Å². The van der Waals surface area contributed by atoms with Crippen molar-refractivity contribution in [3.05, 3.63) is 28.8 Å². The summed E-state index contributed by atoms with van der Waals surface area (Å²) in [7, 11) is 0. The summed E-state index contributed by atoms with van der Waals surface area (Å²) in [6.07, 6.45) is -4.64. The lowest BCUT2D eigenvalue weighted by molar-refractivity contribution is -0.274. The van der Waals surface area contributed by atoms with E-state index in [1.165, 1.54) is 19.1 Å². The highest BCUT2D eigenvalue weighted by atomic mass is 35.5. The lowest BCUT2D eigenvalue weighted by Crippen LogP contribution is -2.17. The van der Waals surface area contributed by atoms with Crippen LogP contribution in [0.15, 0.2) is 18.2 Å². The molecule has 0 amide bonds. The number of halogens is 4. The lowest BCUT2D eigenvalue weighted by atomic mass is 10.1. The first-order chi connectivity index (χ1) is 7.28. The Morgan fingerprint density at radius 3 is 2.50 bits per heavy atom. The second kappa shape index (κ2) is 4.74. The minimum Gasteiger partial charge on any atom is -0.404 e. The monoisotopic (exact) mass is 252 g/mol. The Morgan fingerprint density at radius 1 is 1.44 bits per heavy atom. The van der Waals surface area contributed by atoms with Crippen molar-refractivity contribution in [3.63, 3.8) is 0 Å². The summed E-state index contributed by atoms with van der Waals surface area (Å²) in [6.45, 7) is 1.38. The van der Waals surface area contributed by atoms with Gasteiger partial charge >= 0.3 is 6.36 Å². The maximum atomic E-state index is 11.9. The zero-order valence-electron chi connectivity index (χ0n) is 8.27. The molecule has 6 heteroatoms. The predicted octanol–water partition coefficient (Wildman–Crippen LogP) is 3.37. The van der Waals surface area contributed by atoms with Crippen LogP contribution in [0.2, 0.25) is 5.02 Å². The third kappa shape index (κ3) is 4.10. The number of rotatable bonds is 3. The van der Waals surface area contributed by atoms with E-state index >= 15 is 0 Å². The normalized spacial score (nSPS) is 11.3. The summed E-state index contributed by atoms with van der Waals surface area (Å²) >= 11 is 5.58. The number of ether oxygens (including phenoxy) is 1. The number of carbonyl (C=O) groups is 1. The molecule has 16 heavy (non-hydrogen) atoms. The first kappa shape index (κ1) is 12.8. The molecule has 1 aromatic rings. The Hall–Kier alpha value is -1.23. The number of hydrogen-bond acceptors (Lipinski definition) is 2. The van der Waals surface area contributed by atoms with Gasteiger partial charge in [0.1, 0.15) is 11.5 Å². The Balaban J connectivity index is 2.87. The van der Waals surface area contributed by atoms with E-state index in [0.29, 0.717) is 5.56 Å². The van der Waals surface area contributed by atoms with E-state index in [0.717, 1.165) is 6.07 Å². The van der Waals surface area contributed by atoms with Crippen molar-refractivity contribution >= 4 is 17.4 Å². The average molecular weight is 253 g/mol. The molecule has 0 atom stereocenters. The summed E-state index contributed by atoms with van der Waals surface area (Å²) < 4.78 is 39.4. The molecule has 0 aliphatic heterocycles. The molecule has 0 unspecified atom stereocenters. The molecule has 0 aromatic heterocycles. The van der Waals surface area contributed by atoms with E-state index < -0.39 is 12.1 Å². The van der Waals surface area contributed by atoms with Gasteiger partial charge in [-0.2, -0.15) is 0 Å². The number of carbonyl (C=O) groups excluding carboxylic acids is 1. The van der Waals surface area contributed by atoms with Gasteiger partial charge < -0.3 is 4.74 Å². The Kier molecular flexibility index (Phi) is 3.80. The summed E-state index contributed by atoms with van der Waals surface area (Å²) in [5.41, 5.74) is 0.548. The molecule has 1 rings (SSSR count). The van der Waals surface area contributed by atoms with Crippen molar-refractivity contribution in [1.29, 1.82) is 0 Å². The van der Waals surface area contributed by atoms with E-state index in [1.807, 2.05) is 0 Å². The van der Waals surface area contributed by atoms with E-state index in [2.05, 4.69) is 4.74 Å². The minimum atomic E-state index is -4.77. The molecule has 2 nitrogen and oxygen atoms in total. The number of hydrogen-bond donors (Lipinski definition) is 0. The highest BCUT2D eigenvalue weighted by molar-refractivity contribution is 6.32. The maximum absolute atomic E-state index is 11.9. The van der Waals surface area contributed by atoms with Gasteiger partial charge in [-0.25, -0.2) is 0 Å². The van der Waals surface area contributed by atoms with Crippen LogP contribution >= 0.6 is 11.6 Å². The van der Waals surface area contributed by atoms with Gasteiger partial charge in [0.25, 0.3) is 0 Å². The van der Waals surface area contributed by atoms with Gasteiger partial charge in [0.2, 0.25) is 0 Å². The fraction of sp³-hybridized carbons (Fsp3) is 0.300. The Morgan fingerprint density at radius 2 is 2.06 bits per heavy atom. The van der Waals surface area contributed by atoms with E-state index in [-0.39, 0.29) is 17.2 Å². The Labute approximate surface area is 95.0 Å². The van der Waals surface area contributed by atoms with Crippen molar-refractivity contribution < 1.29 is 22.7 Å². The van der Waals surface area contributed by atoms with Gasteiger partial charge in [-0.1, -0.05) is 17.7 Å². The van der Waals surface area contributed by atoms with Gasteiger partial charge in [0.05, 0.1) is 5.02 Å². The van der Waals surface area contributed by atoms with Crippen molar-refractivity contribution in [1.82, 2.24) is 0 Å². The molecule has 88 valence electrons. The van der Waals surface area contributed by atoms with Gasteiger partial charge in [-0.05, 0) is 24.6 Å². The van der Waals surface area contributed by atoms with Crippen molar-refractivity contribution in [2.45, 2.75) is 19.7 Å². The van der Waals surface area contributed by atoms with E-state index in [1.54, 1.807) is 0 Å². The minimum absolute atomic E-state index is 0.0967. The zero-order chi connectivity index (χ0) is 12.3. The fourth-order valence-electron chi connectivity index (χ4n) is 1.15. The van der Waals surface area contributed by atoms with Crippen LogP contribution in [0.1, 0.15) is 12.5 Å². The van der Waals surface area contributed by atoms with Crippen LogP contribution in [-0.4, -0.2) is 12.1 Å². The first-order valence-corrected chi connectivity index (χ1v) is 4.69. The molecular weight excluding hydrogens is 245 g/mol. The summed E-state index contributed by atoms with van der Waals surface area (Å²) in [5, 5.41) is -0.170. The smallest absolute Gasteiger partial charge is 0.404 e. The van der Waals surface area contributed by atoms with Gasteiger partial charge in [-0.15, -0.1) is 13.2 Å². The number of alkyl halides is 3. The molecular formula is C10H8ClF3O2. The molecule has 0 spiro atoms. The third-order valence-corrected chi connectivity index (χ3v) is 1.97. The van der Waals surface area contributed by atoms with E-state index in [9.17, 15) is 18.0 Å². The van der Waals surface area contributed by atoms with Gasteiger partial charge in [0.15, 0.2) is 0 Å². The van der Waals surface area contributed by atoms with Crippen molar-refractivity contribution in [3.8, 4) is 5.75 Å². The fourth-order valence-corrected chi connectivity index (χ4v) is 1.39. The average Bonchev–Trinajstić information content (AvgIpc) is 2.06. The summed E-state index contributed by atoms with van der Waals surface area (Å²) in [4.78, 5) is 10.8. The molecule has 0 aliphatic rings. The number of benzene rings is 1. The van der Waals surface area contributed by atoms with Crippen molar-refractivity contribution in [2.24, 2.45) is 0 Å². The van der Waals surface area contributed by atoms with Crippen LogP contribution < -0.4 is 4.74 Å². The topological polar surface area (TPSA) is 26.3 Å². The third-order valence-electron chi connectivity index (χ3n) is 1.68. The molecule has 0 N–H and O–H groups in total. The van der Waals surface area contributed by atoms with E-state index in [4.69, 9.17) is 11.6 Å². The quantitative estimate of drug-likeness (QED) is 0.824. The van der Waals surface area contributed by atoms with Crippen LogP contribution in [0.3, 0.4) is 0 Å². The number of ketones is 1. The highest BCUT2D eigenvalue weighted by Crippen LogP contribution is 2.30. The van der Waals surface area contributed by atoms with Crippen molar-refractivity contribution in [2.75, 3.05) is 0 Å². The van der Waals surface area contributed by atoms with Crippen LogP contribution in [-0.2, 0) is 11.2 Å². The first-order valence-electron chi connectivity index (χ1n) is 4.31. The van der Waals surface area contributed by atoms with Gasteiger partial charge in [-0.3, -0.25) is 4.79 Å². The molecule has 0 radical (unpaired) electrons. The molecule has 0 heterocycles. The van der Waals surface area contributed by atoms with Gasteiger partial charge in [0, 0.05) is 6.42 Å². The molecule has 1 aromatic carbocycles. The lowest BCUT2D eigenvalue weighted by Gasteiger charge is -2.10. The summed E-state index contributed by atoms with van der Waals surface area (Å²) in [5.74, 6) is -0.568. The molecule has 0 bridgehead atoms. The standard InChI is InChI=1S/C10H8ClF3O2/c1-6(15)4-7-2-3-9(8(11)5-7)16-10(12,13)14/h2-3,5H,4H2,1H3. The summed E-state index contributed by atoms with van der Waals surface area (Å²) in [6, 6.07) is 3.74. The molecule has 0 saturated heterocycles. The molecule has 0 aliphatic carbocycles. The van der Waals surface area contributed by atoms with Crippen LogP contribution in [0, 0.1) is 0 Å².